The van der Waals surface area contributed by atoms with Gasteiger partial charge in [0.1, 0.15) is 16.8 Å². The molecule has 1 fully saturated rings. The first kappa shape index (κ1) is 58.0. The van der Waals surface area contributed by atoms with Crippen LogP contribution in [0.3, 0.4) is 0 Å². The molecule has 0 radical (unpaired) electrons. The summed E-state index contributed by atoms with van der Waals surface area (Å²) in [5, 5.41) is 22.9. The Morgan fingerprint density at radius 2 is 1.74 bits per heavy atom. The van der Waals surface area contributed by atoms with Crippen LogP contribution in [0.25, 0.3) is 10.4 Å². The number of thiazole rings is 1. The van der Waals surface area contributed by atoms with Gasteiger partial charge in [-0.15, -0.1) is 11.3 Å². The van der Waals surface area contributed by atoms with E-state index in [1.807, 2.05) is 45.3 Å². The molecule has 0 bridgehead atoms. The highest BCUT2D eigenvalue weighted by atomic mass is 35.5. The lowest BCUT2D eigenvalue weighted by Gasteiger charge is -2.37. The molecule has 5 N–H and O–H groups in total. The van der Waals surface area contributed by atoms with Crippen LogP contribution in [-0.4, -0.2) is 133 Å². The van der Waals surface area contributed by atoms with Crippen LogP contribution in [0.1, 0.15) is 95.7 Å². The molecular formula is C54H74ClN9O8S2. The molecule has 0 spiro atoms. The van der Waals surface area contributed by atoms with Crippen molar-refractivity contribution in [2.45, 2.75) is 127 Å². The average Bonchev–Trinajstić information content (AvgIpc) is 3.97. The van der Waals surface area contributed by atoms with E-state index < -0.39 is 32.8 Å². The number of amides is 2. The maximum absolute atomic E-state index is 14.2. The number of anilines is 4. The number of carbonyl (C=O) groups is 2. The van der Waals surface area contributed by atoms with E-state index in [9.17, 15) is 23.1 Å². The normalized spacial score (nSPS) is 15.9. The zero-order valence-corrected chi connectivity index (χ0v) is 46.7. The number of ether oxygens (including phenoxy) is 3. The minimum atomic E-state index is -3.58. The number of nitrogens with one attached hydrogen (secondary N) is 4. The van der Waals surface area contributed by atoms with Crippen molar-refractivity contribution in [3.8, 4) is 16.2 Å². The first-order valence-electron chi connectivity index (χ1n) is 25.1. The van der Waals surface area contributed by atoms with E-state index in [0.717, 1.165) is 71.6 Å². The number of aryl methyl sites for hydroxylation is 2. The molecule has 20 heteroatoms. The maximum atomic E-state index is 14.2. The number of likely N-dealkylation sites (tertiary alicyclic amines) is 1. The maximum Gasteiger partial charge on any atom is 0.248 e. The standard InChI is InChI=1S/C54H74ClN9O8S2/c1-34(2)74(68,69)48-17-13-12-16-45(48)60-51-44(55)29-56-53(62-51)61-46-26-35(3)41(27-47(46)70-10)22-24-63(9)23-14-11-15-25-72-54(7,8)50(59-38(6)65)52(67)64-30-43(66)28-42(64)31-71-32-57-36(4)39-18-20-40(21-19-39)49-37(5)58-33-73-49/h12-13,16-21,26-27,29,33-34,36,42-43,50,57,66H,11,14-15,22-25,28,30-32H2,1-10H3,(H,59,65)(H2,56,60,61,62)/t36-,42-,43+,50+/m0/s1. The first-order valence-corrected chi connectivity index (χ1v) is 28.0. The summed E-state index contributed by atoms with van der Waals surface area (Å²) in [5.41, 5.74) is 7.31. The number of aromatic nitrogens is 3. The number of rotatable bonds is 27. The van der Waals surface area contributed by atoms with E-state index in [1.165, 1.54) is 13.1 Å². The number of methoxy groups -OCH3 is 1. The predicted octanol–water partition coefficient (Wildman–Crippen LogP) is 8.78. The minimum absolute atomic E-state index is 0.0226. The van der Waals surface area contributed by atoms with Crippen LogP contribution in [0, 0.1) is 13.8 Å². The molecule has 5 aromatic rings. The number of sulfone groups is 1. The number of nitrogens with zero attached hydrogens (tertiary/aromatic N) is 5. The molecular weight excluding hydrogens is 1000 g/mol. The van der Waals surface area contributed by atoms with Gasteiger partial charge in [0.05, 0.1) is 82.0 Å². The molecule has 74 heavy (non-hydrogen) atoms. The van der Waals surface area contributed by atoms with Gasteiger partial charge in [-0.05, 0) is 141 Å². The Bertz CT molecular complexity index is 2780. The van der Waals surface area contributed by atoms with Crippen molar-refractivity contribution in [1.82, 2.24) is 35.4 Å². The number of likely N-dealkylation sites (N-methyl/N-ethyl adjacent to an activating group) is 1. The van der Waals surface area contributed by atoms with Crippen molar-refractivity contribution in [3.05, 3.63) is 99.8 Å². The van der Waals surface area contributed by atoms with Gasteiger partial charge < -0.3 is 45.1 Å². The van der Waals surface area contributed by atoms with Gasteiger partial charge in [0.2, 0.25) is 17.8 Å². The second-order valence-electron chi connectivity index (χ2n) is 19.8. The molecule has 2 aromatic heterocycles. The minimum Gasteiger partial charge on any atom is -0.495 e. The molecule has 3 aromatic carbocycles. The number of carbonyl (C=O) groups excluding carboxylic acids is 2. The summed E-state index contributed by atoms with van der Waals surface area (Å²) in [6, 6.07) is 17.7. The molecule has 1 aliphatic rings. The summed E-state index contributed by atoms with van der Waals surface area (Å²) in [6.45, 7) is 17.1. The van der Waals surface area contributed by atoms with Crippen LogP contribution in [0.15, 0.2) is 77.3 Å². The molecule has 0 aliphatic carbocycles. The monoisotopic (exact) mass is 1080 g/mol. The fourth-order valence-electron chi connectivity index (χ4n) is 8.82. The van der Waals surface area contributed by atoms with Crippen molar-refractivity contribution in [2.75, 3.05) is 64.4 Å². The van der Waals surface area contributed by atoms with E-state index in [-0.39, 0.29) is 65.5 Å². The van der Waals surface area contributed by atoms with Crippen LogP contribution in [0.5, 0.6) is 5.75 Å². The number of β-amino-alcohol motifs (C(OH)–C–C–N with tert-alkyl or cyclic N) is 1. The number of aliphatic hydroxyl groups is 1. The molecule has 6 rings (SSSR count). The van der Waals surface area contributed by atoms with Crippen molar-refractivity contribution in [3.63, 3.8) is 0 Å². The number of hydrogen-bond acceptors (Lipinski definition) is 16. The van der Waals surface area contributed by atoms with Gasteiger partial charge in [0, 0.05) is 32.7 Å². The lowest BCUT2D eigenvalue weighted by atomic mass is 9.96. The number of halogens is 1. The van der Waals surface area contributed by atoms with Crippen molar-refractivity contribution < 1.29 is 37.3 Å². The molecule has 1 aliphatic heterocycles. The second-order valence-corrected chi connectivity index (χ2v) is 23.5. The molecule has 4 atom stereocenters. The van der Waals surface area contributed by atoms with Gasteiger partial charge in [-0.1, -0.05) is 48.0 Å². The van der Waals surface area contributed by atoms with Gasteiger partial charge in [0.25, 0.3) is 0 Å². The summed E-state index contributed by atoms with van der Waals surface area (Å²) in [4.78, 5) is 45.2. The van der Waals surface area contributed by atoms with E-state index >= 15 is 0 Å². The van der Waals surface area contributed by atoms with Gasteiger partial charge in [-0.2, -0.15) is 4.98 Å². The van der Waals surface area contributed by atoms with E-state index in [1.54, 1.807) is 61.5 Å². The molecule has 0 saturated carbocycles. The van der Waals surface area contributed by atoms with Gasteiger partial charge in [-0.3, -0.25) is 14.9 Å². The van der Waals surface area contributed by atoms with Crippen LogP contribution >= 0.6 is 22.9 Å². The summed E-state index contributed by atoms with van der Waals surface area (Å²) in [5.74, 6) is 0.450. The fraction of sp³-hybridized carbons (Fsp3) is 0.500. The lowest BCUT2D eigenvalue weighted by molar-refractivity contribution is -0.148. The van der Waals surface area contributed by atoms with Crippen LogP contribution in [0.2, 0.25) is 5.02 Å². The Kier molecular flexibility index (Phi) is 20.8. The highest BCUT2D eigenvalue weighted by Crippen LogP contribution is 2.34. The van der Waals surface area contributed by atoms with Crippen LogP contribution < -0.4 is 26.0 Å². The lowest BCUT2D eigenvalue weighted by Crippen LogP contribution is -2.60. The van der Waals surface area contributed by atoms with Gasteiger partial charge in [0.15, 0.2) is 15.7 Å². The summed E-state index contributed by atoms with van der Waals surface area (Å²) in [6.07, 6.45) is 4.52. The van der Waals surface area contributed by atoms with Crippen LogP contribution in [0.4, 0.5) is 23.1 Å². The SMILES string of the molecule is COc1cc(CCN(C)CCCCCOC(C)(C)[C@H](NC(C)=O)C(=O)N2C[C@H](O)C[C@H]2COCN[C@@H](C)c2ccc(-c3scnc3C)cc2)c(C)cc1Nc1ncc(Cl)c(Nc2ccccc2S(=O)(=O)C(C)C)n1. The summed E-state index contributed by atoms with van der Waals surface area (Å²) >= 11 is 8.11. The second kappa shape index (κ2) is 26.5. The largest absolute Gasteiger partial charge is 0.495 e. The fourth-order valence-corrected chi connectivity index (χ4v) is 11.0. The third-order valence-corrected chi connectivity index (χ3v) is 16.8. The zero-order chi connectivity index (χ0) is 53.7. The number of hydrogen-bond donors (Lipinski definition) is 5. The highest BCUT2D eigenvalue weighted by molar-refractivity contribution is 7.92. The Balaban J connectivity index is 0.936. The van der Waals surface area contributed by atoms with E-state index in [0.29, 0.717) is 30.2 Å². The van der Waals surface area contributed by atoms with E-state index in [4.69, 9.17) is 25.8 Å². The number of unbranched alkanes of at least 4 members (excludes halogenated alkanes) is 2. The molecule has 0 unspecified atom stereocenters. The molecule has 2 amide bonds. The van der Waals surface area contributed by atoms with E-state index in [2.05, 4.69) is 79.4 Å². The van der Waals surface area contributed by atoms with Gasteiger partial charge >= 0.3 is 0 Å². The van der Waals surface area contributed by atoms with Crippen molar-refractivity contribution in [2.24, 2.45) is 0 Å². The molecule has 402 valence electrons. The van der Waals surface area contributed by atoms with Gasteiger partial charge in [-0.25, -0.2) is 18.4 Å². The Labute approximate surface area is 446 Å². The number of aliphatic hydroxyl groups excluding tert-OH is 1. The van der Waals surface area contributed by atoms with Crippen molar-refractivity contribution in [1.29, 1.82) is 0 Å². The molecule has 1 saturated heterocycles. The summed E-state index contributed by atoms with van der Waals surface area (Å²) < 4.78 is 44.3. The topological polar surface area (TPSA) is 209 Å². The third kappa shape index (κ3) is 15.4. The Hall–Kier alpha value is -5.25. The average molecular weight is 1080 g/mol. The van der Waals surface area contributed by atoms with Crippen molar-refractivity contribution >= 4 is 67.7 Å². The summed E-state index contributed by atoms with van der Waals surface area (Å²) in [7, 11) is 0.123. The zero-order valence-electron chi connectivity index (χ0n) is 44.3. The Morgan fingerprint density at radius 3 is 2.43 bits per heavy atom. The third-order valence-electron chi connectivity index (χ3n) is 13.3. The quantitative estimate of drug-likeness (QED) is 0.0246. The molecule has 3 heterocycles. The number of benzene rings is 3. The number of para-hydroxylation sites is 1. The highest BCUT2D eigenvalue weighted by Gasteiger charge is 2.44. The Morgan fingerprint density at radius 1 is 1.00 bits per heavy atom. The van der Waals surface area contributed by atoms with Crippen LogP contribution in [-0.2, 0) is 35.3 Å². The predicted molar refractivity (Wildman–Crippen MR) is 294 cm³/mol. The smallest absolute Gasteiger partial charge is 0.248 e. The molecule has 17 nitrogen and oxygen atoms in total. The first-order chi connectivity index (χ1) is 35.2.